The summed E-state index contributed by atoms with van der Waals surface area (Å²) in [4.78, 5) is 15.3. The second-order valence-electron chi connectivity index (χ2n) is 2.71. The van der Waals surface area contributed by atoms with Crippen LogP contribution >= 0.6 is 0 Å². The molecule has 2 rings (SSSR count). The summed E-state index contributed by atoms with van der Waals surface area (Å²) in [6.45, 7) is 0. The molecule has 14 heavy (non-hydrogen) atoms. The number of rotatable bonds is 2. The van der Waals surface area contributed by atoms with Crippen LogP contribution in [0.25, 0.3) is 0 Å². The van der Waals surface area contributed by atoms with E-state index in [9.17, 15) is 9.18 Å². The highest BCUT2D eigenvalue weighted by Gasteiger charge is 2.11. The van der Waals surface area contributed by atoms with Crippen LogP contribution in [0.4, 0.5) is 4.39 Å². The summed E-state index contributed by atoms with van der Waals surface area (Å²) in [6.07, 6.45) is 2.39. The Bertz CT molecular complexity index is 451. The SMILES string of the molecule is O=C(c1cccc(F)c1)c1cocn1. The summed E-state index contributed by atoms with van der Waals surface area (Å²) < 4.78 is 17.4. The zero-order chi connectivity index (χ0) is 9.97. The van der Waals surface area contributed by atoms with Crippen molar-refractivity contribution in [1.29, 1.82) is 0 Å². The minimum atomic E-state index is -0.445. The summed E-state index contributed by atoms with van der Waals surface area (Å²) in [5, 5.41) is 0. The normalized spacial score (nSPS) is 10.1. The van der Waals surface area contributed by atoms with Gasteiger partial charge in [-0.3, -0.25) is 4.79 Å². The number of carbonyl (C=O) groups excluding carboxylic acids is 1. The first kappa shape index (κ1) is 8.62. The smallest absolute Gasteiger partial charge is 0.214 e. The lowest BCUT2D eigenvalue weighted by Gasteiger charge is -1.95. The van der Waals surface area contributed by atoms with E-state index in [0.717, 1.165) is 12.5 Å². The Morgan fingerprint density at radius 2 is 2.29 bits per heavy atom. The number of benzene rings is 1. The van der Waals surface area contributed by atoms with Gasteiger partial charge in [-0.2, -0.15) is 0 Å². The second-order valence-corrected chi connectivity index (χ2v) is 2.71. The zero-order valence-electron chi connectivity index (χ0n) is 7.11. The average Bonchev–Trinajstić information content (AvgIpc) is 2.69. The third kappa shape index (κ3) is 1.54. The predicted molar refractivity (Wildman–Crippen MR) is 46.3 cm³/mol. The Labute approximate surface area is 79.2 Å². The molecule has 2 aromatic rings. The monoisotopic (exact) mass is 191 g/mol. The van der Waals surface area contributed by atoms with Crippen LogP contribution in [0, 0.1) is 5.82 Å². The van der Waals surface area contributed by atoms with Gasteiger partial charge < -0.3 is 4.42 Å². The van der Waals surface area contributed by atoms with E-state index in [-0.39, 0.29) is 17.0 Å². The highest BCUT2D eigenvalue weighted by molar-refractivity contribution is 6.07. The minimum absolute atomic E-state index is 0.176. The molecule has 0 N–H and O–H groups in total. The van der Waals surface area contributed by atoms with Gasteiger partial charge in [0.1, 0.15) is 17.8 Å². The fourth-order valence-corrected chi connectivity index (χ4v) is 1.10. The molecule has 0 radical (unpaired) electrons. The highest BCUT2D eigenvalue weighted by Crippen LogP contribution is 2.09. The van der Waals surface area contributed by atoms with Crippen LogP contribution in [0.15, 0.2) is 41.3 Å². The van der Waals surface area contributed by atoms with Crippen LogP contribution < -0.4 is 0 Å². The van der Waals surface area contributed by atoms with E-state index in [1.165, 1.54) is 24.5 Å². The van der Waals surface area contributed by atoms with Crippen molar-refractivity contribution in [2.45, 2.75) is 0 Å². The fraction of sp³-hybridized carbons (Fsp3) is 0. The topological polar surface area (TPSA) is 43.1 Å². The lowest BCUT2D eigenvalue weighted by molar-refractivity contribution is 0.103. The molecule has 0 aliphatic rings. The van der Waals surface area contributed by atoms with E-state index in [4.69, 9.17) is 0 Å². The maximum Gasteiger partial charge on any atom is 0.214 e. The molecule has 1 aromatic carbocycles. The molecule has 0 aliphatic carbocycles. The van der Waals surface area contributed by atoms with Crippen molar-refractivity contribution in [1.82, 2.24) is 4.98 Å². The largest absolute Gasteiger partial charge is 0.451 e. The van der Waals surface area contributed by atoms with Crippen molar-refractivity contribution in [2.75, 3.05) is 0 Å². The summed E-state index contributed by atoms with van der Waals surface area (Å²) in [5.41, 5.74) is 0.439. The molecule has 0 saturated heterocycles. The predicted octanol–water partition coefficient (Wildman–Crippen LogP) is 2.04. The molecule has 0 spiro atoms. The highest BCUT2D eigenvalue weighted by atomic mass is 19.1. The van der Waals surface area contributed by atoms with E-state index < -0.39 is 5.82 Å². The Morgan fingerprint density at radius 1 is 1.43 bits per heavy atom. The molecule has 0 fully saturated rings. The fourth-order valence-electron chi connectivity index (χ4n) is 1.10. The number of hydrogen-bond acceptors (Lipinski definition) is 3. The van der Waals surface area contributed by atoms with E-state index in [2.05, 4.69) is 9.40 Å². The molecule has 3 nitrogen and oxygen atoms in total. The third-order valence-electron chi connectivity index (χ3n) is 1.75. The molecule has 0 bridgehead atoms. The average molecular weight is 191 g/mol. The van der Waals surface area contributed by atoms with Gasteiger partial charge in [-0.1, -0.05) is 12.1 Å². The molecule has 0 amide bonds. The van der Waals surface area contributed by atoms with Crippen LogP contribution in [0.2, 0.25) is 0 Å². The van der Waals surface area contributed by atoms with E-state index in [1.807, 2.05) is 0 Å². The maximum atomic E-state index is 12.8. The first-order valence-corrected chi connectivity index (χ1v) is 3.96. The summed E-state index contributed by atoms with van der Waals surface area (Å²) >= 11 is 0. The third-order valence-corrected chi connectivity index (χ3v) is 1.75. The van der Waals surface area contributed by atoms with Crippen molar-refractivity contribution >= 4 is 5.78 Å². The van der Waals surface area contributed by atoms with Gasteiger partial charge in [-0.15, -0.1) is 0 Å². The molecule has 1 aromatic heterocycles. The van der Waals surface area contributed by atoms with Gasteiger partial charge in [0.2, 0.25) is 5.78 Å². The quantitative estimate of drug-likeness (QED) is 0.682. The molecule has 4 heteroatoms. The second kappa shape index (κ2) is 3.41. The zero-order valence-corrected chi connectivity index (χ0v) is 7.11. The molecule has 0 saturated carbocycles. The summed E-state index contributed by atoms with van der Waals surface area (Å²) in [7, 11) is 0. The Balaban J connectivity index is 2.37. The lowest BCUT2D eigenvalue weighted by atomic mass is 10.1. The van der Waals surface area contributed by atoms with Crippen molar-refractivity contribution in [3.05, 3.63) is 54.0 Å². The van der Waals surface area contributed by atoms with Crippen LogP contribution in [-0.4, -0.2) is 10.8 Å². The first-order valence-electron chi connectivity index (χ1n) is 3.96. The van der Waals surface area contributed by atoms with Crippen LogP contribution in [0.3, 0.4) is 0 Å². The number of aromatic nitrogens is 1. The number of oxazole rings is 1. The Kier molecular flexibility index (Phi) is 2.10. The molecule has 1 heterocycles. The van der Waals surface area contributed by atoms with Gasteiger partial charge in [0.25, 0.3) is 0 Å². The maximum absolute atomic E-state index is 12.8. The van der Waals surface area contributed by atoms with Crippen molar-refractivity contribution in [2.24, 2.45) is 0 Å². The van der Waals surface area contributed by atoms with Crippen molar-refractivity contribution < 1.29 is 13.6 Å². The summed E-state index contributed by atoms with van der Waals surface area (Å²) in [5.74, 6) is -0.794. The minimum Gasteiger partial charge on any atom is -0.451 e. The number of hydrogen-bond donors (Lipinski definition) is 0. The molecular weight excluding hydrogens is 185 g/mol. The van der Waals surface area contributed by atoms with Crippen LogP contribution in [0.5, 0.6) is 0 Å². The molecule has 0 unspecified atom stereocenters. The van der Waals surface area contributed by atoms with Gasteiger partial charge in [-0.25, -0.2) is 9.37 Å². The van der Waals surface area contributed by atoms with Gasteiger partial charge in [-0.05, 0) is 12.1 Å². The summed E-state index contributed by atoms with van der Waals surface area (Å²) in [6, 6.07) is 5.44. The first-order chi connectivity index (χ1) is 6.77. The molecular formula is C10H6FNO2. The number of carbonyl (C=O) groups is 1. The van der Waals surface area contributed by atoms with Crippen LogP contribution in [0.1, 0.15) is 16.1 Å². The number of halogens is 1. The van der Waals surface area contributed by atoms with Gasteiger partial charge in [0.15, 0.2) is 6.39 Å². The Hall–Kier alpha value is -1.97. The Morgan fingerprint density at radius 3 is 2.93 bits per heavy atom. The van der Waals surface area contributed by atoms with E-state index >= 15 is 0 Å². The van der Waals surface area contributed by atoms with E-state index in [1.54, 1.807) is 0 Å². The molecule has 0 atom stereocenters. The van der Waals surface area contributed by atoms with Crippen LogP contribution in [-0.2, 0) is 0 Å². The lowest BCUT2D eigenvalue weighted by Crippen LogP contribution is -2.01. The van der Waals surface area contributed by atoms with Gasteiger partial charge in [0, 0.05) is 5.56 Å². The number of nitrogens with zero attached hydrogens (tertiary/aromatic N) is 1. The molecule has 70 valence electrons. The molecule has 0 aliphatic heterocycles. The van der Waals surface area contributed by atoms with E-state index in [0.29, 0.717) is 0 Å². The van der Waals surface area contributed by atoms with Crippen molar-refractivity contribution in [3.8, 4) is 0 Å². The standard InChI is InChI=1S/C10H6FNO2/c11-8-3-1-2-7(4-8)10(13)9-5-14-6-12-9/h1-6H. The number of ketones is 1. The van der Waals surface area contributed by atoms with Gasteiger partial charge in [0.05, 0.1) is 0 Å². The van der Waals surface area contributed by atoms with Gasteiger partial charge >= 0.3 is 0 Å². The van der Waals surface area contributed by atoms with Crippen molar-refractivity contribution in [3.63, 3.8) is 0 Å².